The predicted molar refractivity (Wildman–Crippen MR) is 79.7 cm³/mol. The number of benzene rings is 2. The van der Waals surface area contributed by atoms with Crippen molar-refractivity contribution in [2.45, 2.75) is 13.0 Å². The van der Waals surface area contributed by atoms with Gasteiger partial charge in [-0.05, 0) is 24.1 Å². The number of carbonyl (C=O) groups excluding carboxylic acids is 2. The van der Waals surface area contributed by atoms with Gasteiger partial charge in [0.15, 0.2) is 0 Å². The maximum Gasteiger partial charge on any atom is 0.260 e. The van der Waals surface area contributed by atoms with Gasteiger partial charge in [0.05, 0.1) is 12.6 Å². The van der Waals surface area contributed by atoms with Crippen LogP contribution in [-0.2, 0) is 4.79 Å². The second kappa shape index (κ2) is 6.81. The summed E-state index contributed by atoms with van der Waals surface area (Å²) in [5, 5.41) is 10.1. The summed E-state index contributed by atoms with van der Waals surface area (Å²) in [5.41, 5.74) is 1.93. The lowest BCUT2D eigenvalue weighted by atomic mass is 10.1. The van der Waals surface area contributed by atoms with Crippen LogP contribution in [0.25, 0.3) is 0 Å². The molecule has 0 bridgehead atoms. The Morgan fingerprint density at radius 3 is 2.38 bits per heavy atom. The molecular formula is C17H17NO3. The highest BCUT2D eigenvalue weighted by Crippen LogP contribution is 2.16. The Bertz CT molecular complexity index is 625. The van der Waals surface area contributed by atoms with Gasteiger partial charge >= 0.3 is 0 Å². The number of nitrogens with zero attached hydrogens (tertiary/aromatic N) is 1. The fourth-order valence-corrected chi connectivity index (χ4v) is 2.11. The zero-order chi connectivity index (χ0) is 15.2. The molecule has 108 valence electrons. The maximum atomic E-state index is 12.3. The van der Waals surface area contributed by atoms with E-state index in [0.717, 1.165) is 10.5 Å². The van der Waals surface area contributed by atoms with Gasteiger partial charge in [-0.2, -0.15) is 0 Å². The van der Waals surface area contributed by atoms with E-state index in [0.29, 0.717) is 17.5 Å². The topological polar surface area (TPSA) is 57.6 Å². The number of hydrogen-bond acceptors (Lipinski definition) is 3. The van der Waals surface area contributed by atoms with Gasteiger partial charge < -0.3 is 5.11 Å². The molecule has 0 heterocycles. The monoisotopic (exact) mass is 283 g/mol. The molecule has 0 aromatic heterocycles. The van der Waals surface area contributed by atoms with Crippen LogP contribution in [0.3, 0.4) is 0 Å². The van der Waals surface area contributed by atoms with E-state index in [2.05, 4.69) is 0 Å². The van der Waals surface area contributed by atoms with Gasteiger partial charge in [-0.15, -0.1) is 0 Å². The molecule has 0 saturated carbocycles. The summed E-state index contributed by atoms with van der Waals surface area (Å²) in [6.07, 6.45) is -0.439. The standard InChI is InChI=1S/C17H17NO3/c1-13-7-5-6-10-15(13)17(21)18(12-19)11-16(20)14-8-3-2-4-9-14/h2-10,12,16,20H,11H2,1H3. The number of carbonyl (C=O) groups is 2. The Morgan fingerprint density at radius 1 is 1.14 bits per heavy atom. The zero-order valence-electron chi connectivity index (χ0n) is 11.8. The third kappa shape index (κ3) is 3.55. The van der Waals surface area contributed by atoms with Crippen molar-refractivity contribution in [2.75, 3.05) is 6.54 Å². The minimum atomic E-state index is -0.899. The Morgan fingerprint density at radius 2 is 1.76 bits per heavy atom. The molecule has 4 heteroatoms. The second-order valence-corrected chi connectivity index (χ2v) is 4.80. The van der Waals surface area contributed by atoms with E-state index in [1.807, 2.05) is 25.1 Å². The first-order valence-electron chi connectivity index (χ1n) is 6.68. The fourth-order valence-electron chi connectivity index (χ4n) is 2.11. The van der Waals surface area contributed by atoms with Gasteiger partial charge in [0, 0.05) is 5.56 Å². The van der Waals surface area contributed by atoms with Crippen molar-refractivity contribution in [3.05, 3.63) is 71.3 Å². The lowest BCUT2D eigenvalue weighted by Gasteiger charge is -2.20. The van der Waals surface area contributed by atoms with Crippen LogP contribution in [-0.4, -0.2) is 28.9 Å². The van der Waals surface area contributed by atoms with Gasteiger partial charge in [-0.25, -0.2) is 0 Å². The van der Waals surface area contributed by atoms with E-state index in [1.54, 1.807) is 36.4 Å². The van der Waals surface area contributed by atoms with Crippen molar-refractivity contribution in [1.82, 2.24) is 4.90 Å². The van der Waals surface area contributed by atoms with Crippen LogP contribution in [0.2, 0.25) is 0 Å². The molecule has 1 atom stereocenters. The Kier molecular flexibility index (Phi) is 4.85. The molecule has 0 fully saturated rings. The molecule has 1 unspecified atom stereocenters. The summed E-state index contributed by atoms with van der Waals surface area (Å²) in [6, 6.07) is 16.0. The van der Waals surface area contributed by atoms with Crippen molar-refractivity contribution >= 4 is 12.3 Å². The normalized spacial score (nSPS) is 11.7. The molecule has 4 nitrogen and oxygen atoms in total. The van der Waals surface area contributed by atoms with Gasteiger partial charge in [-0.1, -0.05) is 48.5 Å². The van der Waals surface area contributed by atoms with Crippen LogP contribution in [0.1, 0.15) is 27.6 Å². The maximum absolute atomic E-state index is 12.3. The first-order chi connectivity index (χ1) is 10.1. The van der Waals surface area contributed by atoms with Gasteiger partial charge in [0.1, 0.15) is 0 Å². The number of aliphatic hydroxyl groups is 1. The van der Waals surface area contributed by atoms with E-state index in [9.17, 15) is 14.7 Å². The second-order valence-electron chi connectivity index (χ2n) is 4.80. The Balaban J connectivity index is 2.15. The van der Waals surface area contributed by atoms with Crippen LogP contribution < -0.4 is 0 Å². The van der Waals surface area contributed by atoms with Crippen molar-refractivity contribution in [1.29, 1.82) is 0 Å². The average Bonchev–Trinajstić information content (AvgIpc) is 2.53. The van der Waals surface area contributed by atoms with Gasteiger partial charge in [0.25, 0.3) is 5.91 Å². The zero-order valence-corrected chi connectivity index (χ0v) is 11.8. The first kappa shape index (κ1) is 14.9. The number of aliphatic hydroxyl groups excluding tert-OH is 1. The number of amides is 2. The third-order valence-electron chi connectivity index (χ3n) is 3.32. The lowest BCUT2D eigenvalue weighted by Crippen LogP contribution is -2.34. The smallest absolute Gasteiger partial charge is 0.260 e. The van der Waals surface area contributed by atoms with Gasteiger partial charge in [-0.3, -0.25) is 14.5 Å². The molecule has 21 heavy (non-hydrogen) atoms. The molecule has 0 aliphatic carbocycles. The average molecular weight is 283 g/mol. The summed E-state index contributed by atoms with van der Waals surface area (Å²) < 4.78 is 0. The third-order valence-corrected chi connectivity index (χ3v) is 3.32. The van der Waals surface area contributed by atoms with Crippen molar-refractivity contribution in [3.63, 3.8) is 0 Å². The van der Waals surface area contributed by atoms with Crippen LogP contribution in [0.5, 0.6) is 0 Å². The number of rotatable bonds is 5. The highest BCUT2D eigenvalue weighted by Gasteiger charge is 2.20. The quantitative estimate of drug-likeness (QED) is 0.857. The molecule has 2 rings (SSSR count). The Hall–Kier alpha value is -2.46. The van der Waals surface area contributed by atoms with E-state index in [1.165, 1.54) is 0 Å². The highest BCUT2D eigenvalue weighted by molar-refractivity contribution is 6.00. The largest absolute Gasteiger partial charge is 0.387 e. The van der Waals surface area contributed by atoms with Crippen LogP contribution >= 0.6 is 0 Å². The molecule has 1 N–H and O–H groups in total. The summed E-state index contributed by atoms with van der Waals surface area (Å²) in [5.74, 6) is -0.405. The summed E-state index contributed by atoms with van der Waals surface area (Å²) in [6.45, 7) is 1.74. The van der Waals surface area contributed by atoms with Crippen LogP contribution in [0.15, 0.2) is 54.6 Å². The summed E-state index contributed by atoms with van der Waals surface area (Å²) in [4.78, 5) is 24.5. The van der Waals surface area contributed by atoms with E-state index >= 15 is 0 Å². The van der Waals surface area contributed by atoms with Gasteiger partial charge in [0.2, 0.25) is 6.41 Å². The summed E-state index contributed by atoms with van der Waals surface area (Å²) in [7, 11) is 0. The first-order valence-corrected chi connectivity index (χ1v) is 6.68. The molecule has 0 spiro atoms. The molecule has 0 aliphatic heterocycles. The molecule has 2 aromatic rings. The lowest BCUT2D eigenvalue weighted by molar-refractivity contribution is -0.117. The summed E-state index contributed by atoms with van der Waals surface area (Å²) >= 11 is 0. The minimum absolute atomic E-state index is 0.0688. The van der Waals surface area contributed by atoms with Crippen molar-refractivity contribution in [2.24, 2.45) is 0 Å². The Labute approximate surface area is 123 Å². The molecule has 0 radical (unpaired) electrons. The fraction of sp³-hybridized carbons (Fsp3) is 0.176. The molecule has 2 amide bonds. The number of imide groups is 1. The van der Waals surface area contributed by atoms with Crippen LogP contribution in [0, 0.1) is 6.92 Å². The molecular weight excluding hydrogens is 266 g/mol. The van der Waals surface area contributed by atoms with Crippen LogP contribution in [0.4, 0.5) is 0 Å². The minimum Gasteiger partial charge on any atom is -0.387 e. The van der Waals surface area contributed by atoms with Crippen molar-refractivity contribution in [3.8, 4) is 0 Å². The number of aryl methyl sites for hydroxylation is 1. The van der Waals surface area contributed by atoms with Crippen molar-refractivity contribution < 1.29 is 14.7 Å². The SMILES string of the molecule is Cc1ccccc1C(=O)N(C=O)CC(O)c1ccccc1. The van der Waals surface area contributed by atoms with E-state index in [-0.39, 0.29) is 6.54 Å². The highest BCUT2D eigenvalue weighted by atomic mass is 16.3. The van der Waals surface area contributed by atoms with E-state index in [4.69, 9.17) is 0 Å². The molecule has 0 saturated heterocycles. The molecule has 0 aliphatic rings. The van der Waals surface area contributed by atoms with E-state index < -0.39 is 12.0 Å². The molecule has 2 aromatic carbocycles. The number of hydrogen-bond donors (Lipinski definition) is 1. The predicted octanol–water partition coefficient (Wildman–Crippen LogP) is 2.33.